The molecule has 2 aromatic rings. The monoisotopic (exact) mass is 429 g/mol. The van der Waals surface area contributed by atoms with Crippen molar-refractivity contribution in [3.63, 3.8) is 0 Å². The first-order valence-corrected chi connectivity index (χ1v) is 11.1. The molecule has 0 unspecified atom stereocenters. The Hall–Kier alpha value is -2.54. The zero-order valence-electron chi connectivity index (χ0n) is 18.4. The third kappa shape index (κ3) is 5.14. The fourth-order valence-corrected chi connectivity index (χ4v) is 4.41. The average molecular weight is 430 g/mol. The Labute approximate surface area is 182 Å². The van der Waals surface area contributed by atoms with Crippen molar-refractivity contribution in [3.8, 4) is 5.75 Å². The van der Waals surface area contributed by atoms with Gasteiger partial charge < -0.3 is 19.9 Å². The Kier molecular flexibility index (Phi) is 6.71. The molecule has 1 aliphatic rings. The van der Waals surface area contributed by atoms with E-state index >= 15 is 0 Å². The van der Waals surface area contributed by atoms with Crippen LogP contribution in [0.15, 0.2) is 30.3 Å². The van der Waals surface area contributed by atoms with Crippen LogP contribution < -0.4 is 15.0 Å². The van der Waals surface area contributed by atoms with Gasteiger partial charge in [0.1, 0.15) is 5.75 Å². The first-order valence-electron chi connectivity index (χ1n) is 10.3. The minimum atomic E-state index is -0.474. The lowest BCUT2D eigenvalue weighted by Gasteiger charge is -2.24. The summed E-state index contributed by atoms with van der Waals surface area (Å²) in [6.07, 6.45) is 0.913. The fraction of sp³-hybridized carbons (Fsp3) is 0.478. The van der Waals surface area contributed by atoms with Gasteiger partial charge in [0.25, 0.3) is 5.91 Å². The molecule has 30 heavy (non-hydrogen) atoms. The maximum atomic E-state index is 13.2. The number of methoxy groups -OCH3 is 1. The number of rotatable bonds is 4. The quantitative estimate of drug-likeness (QED) is 0.782. The molecule has 0 atom stereocenters. The zero-order valence-corrected chi connectivity index (χ0v) is 19.3. The van der Waals surface area contributed by atoms with Crippen LogP contribution in [0.2, 0.25) is 0 Å². The van der Waals surface area contributed by atoms with E-state index in [-0.39, 0.29) is 11.8 Å². The molecule has 1 aliphatic heterocycles. The van der Waals surface area contributed by atoms with E-state index in [9.17, 15) is 9.59 Å². The van der Waals surface area contributed by atoms with E-state index < -0.39 is 5.41 Å². The predicted octanol–water partition coefficient (Wildman–Crippen LogP) is 4.40. The molecule has 162 valence electrons. The number of benzene rings is 1. The molecule has 7 heteroatoms. The van der Waals surface area contributed by atoms with Crippen molar-refractivity contribution in [1.29, 1.82) is 0 Å². The number of anilines is 2. The zero-order chi connectivity index (χ0) is 21.9. The number of ether oxygens (including phenoxy) is 1. The van der Waals surface area contributed by atoms with Crippen LogP contribution in [0.25, 0.3) is 0 Å². The molecule has 2 amide bonds. The smallest absolute Gasteiger partial charge is 0.264 e. The standard InChI is InChI=1S/C23H31N3O3S/c1-16-15-19(24-22(28)23(2,3)4)30-20(16)21(27)26-12-6-11-25(13-14-26)17-7-9-18(29-5)10-8-17/h7-10,15H,6,11-14H2,1-5H3,(H,24,28). The summed E-state index contributed by atoms with van der Waals surface area (Å²) in [7, 11) is 1.66. The van der Waals surface area contributed by atoms with Crippen LogP contribution in [-0.4, -0.2) is 50.0 Å². The minimum Gasteiger partial charge on any atom is -0.497 e. The van der Waals surface area contributed by atoms with Crippen LogP contribution in [0.5, 0.6) is 5.75 Å². The molecule has 1 saturated heterocycles. The molecule has 1 N–H and O–H groups in total. The molecule has 1 aromatic heterocycles. The molecule has 0 radical (unpaired) electrons. The summed E-state index contributed by atoms with van der Waals surface area (Å²) in [4.78, 5) is 30.4. The third-order valence-electron chi connectivity index (χ3n) is 5.25. The summed E-state index contributed by atoms with van der Waals surface area (Å²) in [6.45, 7) is 10.7. The number of aryl methyl sites for hydroxylation is 1. The van der Waals surface area contributed by atoms with Crippen LogP contribution in [0.3, 0.4) is 0 Å². The van der Waals surface area contributed by atoms with E-state index in [4.69, 9.17) is 4.74 Å². The SMILES string of the molecule is COc1ccc(N2CCCN(C(=O)c3sc(NC(=O)C(C)(C)C)cc3C)CC2)cc1. The van der Waals surface area contributed by atoms with Gasteiger partial charge in [-0.25, -0.2) is 0 Å². The summed E-state index contributed by atoms with van der Waals surface area (Å²) in [6, 6.07) is 9.94. The van der Waals surface area contributed by atoms with E-state index in [1.165, 1.54) is 11.3 Å². The van der Waals surface area contributed by atoms with E-state index in [1.807, 2.05) is 50.8 Å². The molecule has 0 bridgehead atoms. The second-order valence-electron chi connectivity index (χ2n) is 8.66. The van der Waals surface area contributed by atoms with Crippen molar-refractivity contribution < 1.29 is 14.3 Å². The van der Waals surface area contributed by atoms with Gasteiger partial charge in [-0.1, -0.05) is 20.8 Å². The number of hydrogen-bond acceptors (Lipinski definition) is 5. The first kappa shape index (κ1) is 22.2. The topological polar surface area (TPSA) is 61.9 Å². The minimum absolute atomic E-state index is 0.0466. The molecule has 0 spiro atoms. The lowest BCUT2D eigenvalue weighted by molar-refractivity contribution is -0.123. The molecule has 6 nitrogen and oxygen atoms in total. The highest BCUT2D eigenvalue weighted by Gasteiger charge is 2.26. The van der Waals surface area contributed by atoms with Gasteiger partial charge in [-0.05, 0) is 49.2 Å². The fourth-order valence-electron chi connectivity index (χ4n) is 3.37. The maximum Gasteiger partial charge on any atom is 0.264 e. The number of carbonyl (C=O) groups excluding carboxylic acids is 2. The molecule has 0 saturated carbocycles. The lowest BCUT2D eigenvalue weighted by Crippen LogP contribution is -2.35. The summed E-state index contributed by atoms with van der Waals surface area (Å²) >= 11 is 1.36. The van der Waals surface area contributed by atoms with Gasteiger partial charge >= 0.3 is 0 Å². The second kappa shape index (κ2) is 9.08. The average Bonchev–Trinajstić information content (AvgIpc) is 2.91. The number of amides is 2. The van der Waals surface area contributed by atoms with Crippen molar-refractivity contribution >= 4 is 33.8 Å². The van der Waals surface area contributed by atoms with Crippen LogP contribution in [-0.2, 0) is 4.79 Å². The van der Waals surface area contributed by atoms with Gasteiger partial charge in [0.15, 0.2) is 0 Å². The van der Waals surface area contributed by atoms with Gasteiger partial charge in [-0.3, -0.25) is 9.59 Å². The normalized spacial score (nSPS) is 15.0. The maximum absolute atomic E-state index is 13.2. The van der Waals surface area contributed by atoms with Crippen molar-refractivity contribution in [2.45, 2.75) is 34.1 Å². The summed E-state index contributed by atoms with van der Waals surface area (Å²) in [5, 5.41) is 3.67. The Balaban J connectivity index is 1.66. The van der Waals surface area contributed by atoms with E-state index in [1.54, 1.807) is 7.11 Å². The molecule has 1 aromatic carbocycles. The molecular formula is C23H31N3O3S. The van der Waals surface area contributed by atoms with Crippen molar-refractivity contribution in [2.75, 3.05) is 43.5 Å². The van der Waals surface area contributed by atoms with E-state index in [2.05, 4.69) is 22.3 Å². The Morgan fingerprint density at radius 3 is 2.40 bits per heavy atom. The molecule has 1 fully saturated rings. The van der Waals surface area contributed by atoms with Crippen molar-refractivity contribution in [1.82, 2.24) is 4.90 Å². The van der Waals surface area contributed by atoms with Crippen LogP contribution in [0, 0.1) is 12.3 Å². The summed E-state index contributed by atoms with van der Waals surface area (Å²) in [5.74, 6) is 0.839. The van der Waals surface area contributed by atoms with Crippen molar-refractivity contribution in [3.05, 3.63) is 40.8 Å². The van der Waals surface area contributed by atoms with Gasteiger partial charge in [-0.2, -0.15) is 0 Å². The Morgan fingerprint density at radius 2 is 1.77 bits per heavy atom. The third-order valence-corrected chi connectivity index (χ3v) is 6.39. The highest BCUT2D eigenvalue weighted by atomic mass is 32.1. The van der Waals surface area contributed by atoms with Gasteiger partial charge in [-0.15, -0.1) is 11.3 Å². The molecule has 3 rings (SSSR count). The number of hydrogen-bond donors (Lipinski definition) is 1. The Morgan fingerprint density at radius 1 is 1.07 bits per heavy atom. The number of nitrogens with zero attached hydrogens (tertiary/aromatic N) is 2. The molecule has 2 heterocycles. The first-order chi connectivity index (χ1) is 14.2. The molecular weight excluding hydrogens is 398 g/mol. The lowest BCUT2D eigenvalue weighted by atomic mass is 9.96. The van der Waals surface area contributed by atoms with Gasteiger partial charge in [0.05, 0.1) is 17.0 Å². The van der Waals surface area contributed by atoms with Gasteiger partial charge in [0.2, 0.25) is 5.91 Å². The predicted molar refractivity (Wildman–Crippen MR) is 123 cm³/mol. The molecule has 0 aliphatic carbocycles. The van der Waals surface area contributed by atoms with Crippen LogP contribution in [0.1, 0.15) is 42.4 Å². The highest BCUT2D eigenvalue weighted by molar-refractivity contribution is 7.18. The van der Waals surface area contributed by atoms with E-state index in [0.717, 1.165) is 48.1 Å². The van der Waals surface area contributed by atoms with Crippen LogP contribution in [0.4, 0.5) is 10.7 Å². The van der Waals surface area contributed by atoms with Crippen molar-refractivity contribution in [2.24, 2.45) is 5.41 Å². The second-order valence-corrected chi connectivity index (χ2v) is 9.71. The van der Waals surface area contributed by atoms with Crippen LogP contribution >= 0.6 is 11.3 Å². The number of nitrogens with one attached hydrogen (secondary N) is 1. The highest BCUT2D eigenvalue weighted by Crippen LogP contribution is 2.30. The van der Waals surface area contributed by atoms with E-state index in [0.29, 0.717) is 11.4 Å². The summed E-state index contributed by atoms with van der Waals surface area (Å²) in [5.41, 5.74) is 1.58. The number of carbonyl (C=O) groups is 2. The van der Waals surface area contributed by atoms with Gasteiger partial charge in [0, 0.05) is 37.3 Å². The largest absolute Gasteiger partial charge is 0.497 e. The Bertz CT molecular complexity index is 899. The summed E-state index contributed by atoms with van der Waals surface area (Å²) < 4.78 is 5.24. The number of thiophene rings is 1.